The second kappa shape index (κ2) is 10.2. The Labute approximate surface area is 142 Å². The van der Waals surface area contributed by atoms with Gasteiger partial charge in [-0.05, 0) is 25.7 Å². The molecular weight excluding hydrogens is 336 g/mol. The number of nitrogens with zero attached hydrogens (tertiary/aromatic N) is 1. The SMILES string of the molecule is CNCC(=O)N1C[C@@H](CCB(O)O)C[C@](N)(C(=O)O)C1.Cl.Cl. The number of carboxylic acid groups (broad SMARTS) is 1. The van der Waals surface area contributed by atoms with E-state index in [2.05, 4.69) is 5.32 Å². The van der Waals surface area contributed by atoms with Gasteiger partial charge in [-0.3, -0.25) is 9.59 Å². The third-order valence-electron chi connectivity index (χ3n) is 3.54. The highest BCUT2D eigenvalue weighted by Gasteiger charge is 2.43. The number of amides is 1. The number of halogens is 2. The van der Waals surface area contributed by atoms with E-state index < -0.39 is 18.6 Å². The molecule has 1 rings (SSSR count). The van der Waals surface area contributed by atoms with Crippen LogP contribution < -0.4 is 11.1 Å². The average molecular weight is 360 g/mol. The van der Waals surface area contributed by atoms with Crippen molar-refractivity contribution in [2.24, 2.45) is 11.7 Å². The number of nitrogens with one attached hydrogen (secondary N) is 1. The Morgan fingerprint density at radius 2 is 2.00 bits per heavy atom. The zero-order valence-electron chi connectivity index (χ0n) is 12.4. The number of likely N-dealkylation sites (N-methyl/N-ethyl adjacent to an activating group) is 1. The van der Waals surface area contributed by atoms with E-state index >= 15 is 0 Å². The Balaban J connectivity index is 0. The summed E-state index contributed by atoms with van der Waals surface area (Å²) in [5.74, 6) is -1.51. The van der Waals surface area contributed by atoms with Crippen molar-refractivity contribution in [1.29, 1.82) is 0 Å². The maximum Gasteiger partial charge on any atom is 0.451 e. The van der Waals surface area contributed by atoms with Gasteiger partial charge in [0, 0.05) is 13.1 Å². The van der Waals surface area contributed by atoms with E-state index in [0.717, 1.165) is 0 Å². The van der Waals surface area contributed by atoms with Crippen molar-refractivity contribution >= 4 is 43.8 Å². The fraction of sp³-hybridized carbons (Fsp3) is 0.818. The molecule has 0 aromatic carbocycles. The molecule has 1 aliphatic heterocycles. The van der Waals surface area contributed by atoms with Crippen LogP contribution in [0.4, 0.5) is 0 Å². The van der Waals surface area contributed by atoms with Gasteiger partial charge in [0.05, 0.1) is 6.54 Å². The van der Waals surface area contributed by atoms with Gasteiger partial charge in [0.25, 0.3) is 0 Å². The molecular formula is C11H24BCl2N3O5. The van der Waals surface area contributed by atoms with Gasteiger partial charge in [0.1, 0.15) is 5.54 Å². The van der Waals surface area contributed by atoms with Crippen molar-refractivity contribution in [3.63, 3.8) is 0 Å². The van der Waals surface area contributed by atoms with Crippen molar-refractivity contribution in [2.75, 3.05) is 26.7 Å². The molecule has 0 radical (unpaired) electrons. The van der Waals surface area contributed by atoms with Crippen LogP contribution in [0.15, 0.2) is 0 Å². The number of likely N-dealkylation sites (tertiary alicyclic amines) is 1. The van der Waals surface area contributed by atoms with Crippen LogP contribution in [0.2, 0.25) is 6.32 Å². The summed E-state index contributed by atoms with van der Waals surface area (Å²) in [5.41, 5.74) is 4.40. The van der Waals surface area contributed by atoms with Crippen LogP contribution in [-0.4, -0.2) is 71.3 Å². The lowest BCUT2D eigenvalue weighted by molar-refractivity contribution is -0.149. The Hall–Kier alpha value is -0.575. The molecule has 1 amide bonds. The van der Waals surface area contributed by atoms with Crippen LogP contribution in [0.3, 0.4) is 0 Å². The number of hydrogen-bond donors (Lipinski definition) is 5. The van der Waals surface area contributed by atoms with E-state index in [1.54, 1.807) is 7.05 Å². The summed E-state index contributed by atoms with van der Waals surface area (Å²) in [6.45, 7) is 0.478. The number of carbonyl (C=O) groups is 2. The number of aliphatic carboxylic acids is 1. The molecule has 8 nitrogen and oxygen atoms in total. The summed E-state index contributed by atoms with van der Waals surface area (Å²) in [6, 6.07) is 0. The van der Waals surface area contributed by atoms with E-state index in [-0.39, 0.29) is 62.5 Å². The molecule has 0 saturated carbocycles. The molecule has 0 aromatic rings. The van der Waals surface area contributed by atoms with Gasteiger partial charge in [-0.15, -0.1) is 24.8 Å². The lowest BCUT2D eigenvalue weighted by Crippen LogP contribution is -2.63. The molecule has 6 N–H and O–H groups in total. The first-order valence-electron chi connectivity index (χ1n) is 6.59. The van der Waals surface area contributed by atoms with E-state index in [4.69, 9.17) is 15.8 Å². The first-order chi connectivity index (χ1) is 9.28. The number of rotatable bonds is 6. The molecule has 2 atom stereocenters. The summed E-state index contributed by atoms with van der Waals surface area (Å²) >= 11 is 0. The normalized spacial score (nSPS) is 24.0. The Morgan fingerprint density at radius 1 is 1.41 bits per heavy atom. The fourth-order valence-electron chi connectivity index (χ4n) is 2.55. The molecule has 22 heavy (non-hydrogen) atoms. The number of carboxylic acids is 1. The smallest absolute Gasteiger partial charge is 0.451 e. The average Bonchev–Trinajstić information content (AvgIpc) is 2.36. The highest BCUT2D eigenvalue weighted by atomic mass is 35.5. The lowest BCUT2D eigenvalue weighted by atomic mass is 9.75. The van der Waals surface area contributed by atoms with Crippen LogP contribution in [0.5, 0.6) is 0 Å². The van der Waals surface area contributed by atoms with E-state index in [0.29, 0.717) is 13.0 Å². The van der Waals surface area contributed by atoms with Gasteiger partial charge in [0.2, 0.25) is 5.91 Å². The van der Waals surface area contributed by atoms with Gasteiger partial charge in [-0.1, -0.05) is 6.42 Å². The standard InChI is InChI=1S/C11H22BN3O5.2ClH/c1-14-5-9(16)15-6-8(2-3-12(19)20)4-11(13,7-15)10(17)18;;/h8,14,19-20H,2-7,13H2,1H3,(H,17,18);2*1H/t8-,11+;;/m0../s1. The first kappa shape index (κ1) is 23.7. The maximum absolute atomic E-state index is 11.9. The molecule has 11 heteroatoms. The summed E-state index contributed by atoms with van der Waals surface area (Å²) in [6.07, 6.45) is 0.764. The van der Waals surface area contributed by atoms with Crippen LogP contribution >= 0.6 is 24.8 Å². The number of carbonyl (C=O) groups excluding carboxylic acids is 1. The van der Waals surface area contributed by atoms with Crippen molar-refractivity contribution in [1.82, 2.24) is 10.2 Å². The molecule has 0 aliphatic carbocycles. The number of piperidine rings is 1. The summed E-state index contributed by atoms with van der Waals surface area (Å²) in [5, 5.41) is 29.8. The predicted octanol–water partition coefficient (Wildman–Crippen LogP) is -1.46. The van der Waals surface area contributed by atoms with Gasteiger partial charge in [-0.2, -0.15) is 0 Å². The molecule has 0 unspecified atom stereocenters. The zero-order valence-corrected chi connectivity index (χ0v) is 14.0. The van der Waals surface area contributed by atoms with E-state index in [1.165, 1.54) is 4.90 Å². The minimum atomic E-state index is -1.48. The zero-order chi connectivity index (χ0) is 15.3. The molecule has 1 heterocycles. The number of nitrogens with two attached hydrogens (primary N) is 1. The van der Waals surface area contributed by atoms with Gasteiger partial charge in [-0.25, -0.2) is 0 Å². The molecule has 0 bridgehead atoms. The second-order valence-electron chi connectivity index (χ2n) is 5.39. The predicted molar refractivity (Wildman–Crippen MR) is 87.3 cm³/mol. The van der Waals surface area contributed by atoms with Crippen LogP contribution in [0.25, 0.3) is 0 Å². The van der Waals surface area contributed by atoms with Crippen LogP contribution in [0, 0.1) is 5.92 Å². The molecule has 130 valence electrons. The largest absolute Gasteiger partial charge is 0.480 e. The fourth-order valence-corrected chi connectivity index (χ4v) is 2.55. The molecule has 1 fully saturated rings. The summed E-state index contributed by atoms with van der Waals surface area (Å²) in [7, 11) is 0.198. The molecule has 1 saturated heterocycles. The first-order valence-corrected chi connectivity index (χ1v) is 6.59. The Kier molecular flexibility index (Phi) is 11.0. The van der Waals surface area contributed by atoms with Crippen molar-refractivity contribution in [3.8, 4) is 0 Å². The van der Waals surface area contributed by atoms with Crippen LogP contribution in [-0.2, 0) is 9.59 Å². The highest BCUT2D eigenvalue weighted by molar-refractivity contribution is 6.40. The van der Waals surface area contributed by atoms with Crippen molar-refractivity contribution < 1.29 is 24.7 Å². The third kappa shape index (κ3) is 6.68. The Bertz CT molecular complexity index is 378. The maximum atomic E-state index is 11.9. The minimum Gasteiger partial charge on any atom is -0.480 e. The molecule has 1 aliphatic rings. The minimum absolute atomic E-state index is 0. The van der Waals surface area contributed by atoms with Gasteiger partial charge >= 0.3 is 13.1 Å². The monoisotopic (exact) mass is 359 g/mol. The quantitative estimate of drug-likeness (QED) is 0.366. The molecule has 0 aromatic heterocycles. The lowest BCUT2D eigenvalue weighted by Gasteiger charge is -2.41. The highest BCUT2D eigenvalue weighted by Crippen LogP contribution is 2.27. The van der Waals surface area contributed by atoms with Gasteiger partial charge < -0.3 is 31.1 Å². The summed E-state index contributed by atoms with van der Waals surface area (Å²) in [4.78, 5) is 24.6. The summed E-state index contributed by atoms with van der Waals surface area (Å²) < 4.78 is 0. The molecule has 0 spiro atoms. The van der Waals surface area contributed by atoms with E-state index in [1.807, 2.05) is 0 Å². The number of hydrogen-bond acceptors (Lipinski definition) is 6. The van der Waals surface area contributed by atoms with Gasteiger partial charge in [0.15, 0.2) is 0 Å². The third-order valence-corrected chi connectivity index (χ3v) is 3.54. The van der Waals surface area contributed by atoms with Crippen molar-refractivity contribution in [2.45, 2.75) is 24.7 Å². The topological polar surface area (TPSA) is 136 Å². The Morgan fingerprint density at radius 3 is 2.45 bits per heavy atom. The van der Waals surface area contributed by atoms with Crippen LogP contribution in [0.1, 0.15) is 12.8 Å². The van der Waals surface area contributed by atoms with Crippen molar-refractivity contribution in [3.05, 3.63) is 0 Å². The second-order valence-corrected chi connectivity index (χ2v) is 5.39. The van der Waals surface area contributed by atoms with E-state index in [9.17, 15) is 14.7 Å².